The van der Waals surface area contributed by atoms with Gasteiger partial charge in [-0.05, 0) is 97.9 Å². The van der Waals surface area contributed by atoms with Crippen LogP contribution in [0.4, 0.5) is 0 Å². The van der Waals surface area contributed by atoms with E-state index in [1.165, 1.54) is 119 Å². The van der Waals surface area contributed by atoms with Crippen LogP contribution < -0.4 is 0 Å². The third-order valence-corrected chi connectivity index (χ3v) is 7.55. The second-order valence-corrected chi connectivity index (χ2v) is 10.2. The van der Waals surface area contributed by atoms with Crippen LogP contribution in [0.2, 0.25) is 0 Å². The van der Waals surface area contributed by atoms with E-state index in [2.05, 4.69) is 85.8 Å². The van der Waals surface area contributed by atoms with Gasteiger partial charge < -0.3 is 0 Å². The van der Waals surface area contributed by atoms with Crippen molar-refractivity contribution in [3.8, 4) is 0 Å². The van der Waals surface area contributed by atoms with Gasteiger partial charge in [-0.25, -0.2) is 0 Å². The molecule has 5 aromatic rings. The van der Waals surface area contributed by atoms with Crippen LogP contribution in [0, 0.1) is 0 Å². The first-order chi connectivity index (χ1) is 16.8. The summed E-state index contributed by atoms with van der Waals surface area (Å²) in [6.07, 6.45) is 15.1. The van der Waals surface area contributed by atoms with Crippen molar-refractivity contribution in [2.75, 3.05) is 0 Å². The lowest BCUT2D eigenvalue weighted by molar-refractivity contribution is 0.556. The molecule has 0 nitrogen and oxygen atoms in total. The maximum atomic E-state index is 2.44. The van der Waals surface area contributed by atoms with E-state index < -0.39 is 0 Å². The number of rotatable bonds is 11. The van der Waals surface area contributed by atoms with Crippen molar-refractivity contribution < 1.29 is 0 Å². The Bertz CT molecular complexity index is 1390. The van der Waals surface area contributed by atoms with Gasteiger partial charge in [-0.2, -0.15) is 0 Å². The minimum atomic E-state index is 1.19. The zero-order valence-corrected chi connectivity index (χ0v) is 20.8. The summed E-state index contributed by atoms with van der Waals surface area (Å²) >= 11 is 0. The largest absolute Gasteiger partial charge is 0.0654 e. The molecule has 0 spiro atoms. The van der Waals surface area contributed by atoms with E-state index in [4.69, 9.17) is 0 Å². The fourth-order valence-electron chi connectivity index (χ4n) is 5.56. The highest BCUT2D eigenvalue weighted by molar-refractivity contribution is 6.08. The molecule has 0 unspecified atom stereocenters. The summed E-state index contributed by atoms with van der Waals surface area (Å²) < 4.78 is 0. The molecule has 174 valence electrons. The molecule has 0 aliphatic carbocycles. The molecule has 0 aliphatic heterocycles. The fraction of sp³-hybridized carbons (Fsp3) is 0.353. The molecule has 5 rings (SSSR count). The molecular formula is C34H38. The Morgan fingerprint density at radius 2 is 0.882 bits per heavy atom. The topological polar surface area (TPSA) is 0 Å². The molecule has 34 heavy (non-hydrogen) atoms. The Kier molecular flexibility index (Phi) is 7.44. The number of unbranched alkanes of at least 4 members (excludes halogenated alkanes) is 9. The maximum absolute atomic E-state index is 2.44. The van der Waals surface area contributed by atoms with Crippen LogP contribution >= 0.6 is 0 Å². The van der Waals surface area contributed by atoms with Crippen molar-refractivity contribution in [1.82, 2.24) is 0 Å². The third kappa shape index (κ3) is 5.27. The highest BCUT2D eigenvalue weighted by atomic mass is 14.1. The minimum absolute atomic E-state index is 1.19. The van der Waals surface area contributed by atoms with E-state index >= 15 is 0 Å². The minimum Gasteiger partial charge on any atom is -0.0654 e. The van der Waals surface area contributed by atoms with E-state index in [-0.39, 0.29) is 0 Å². The van der Waals surface area contributed by atoms with Gasteiger partial charge in [-0.15, -0.1) is 0 Å². The third-order valence-electron chi connectivity index (χ3n) is 7.55. The maximum Gasteiger partial charge on any atom is -0.0146 e. The van der Waals surface area contributed by atoms with Crippen LogP contribution in [0.15, 0.2) is 78.9 Å². The van der Waals surface area contributed by atoms with Gasteiger partial charge in [-0.1, -0.05) is 107 Å². The summed E-state index contributed by atoms with van der Waals surface area (Å²) in [4.78, 5) is 0. The Balaban J connectivity index is 1.29. The van der Waals surface area contributed by atoms with Gasteiger partial charge in [0.15, 0.2) is 0 Å². The Morgan fingerprint density at radius 3 is 1.50 bits per heavy atom. The molecule has 0 radical (unpaired) electrons. The first-order valence-electron chi connectivity index (χ1n) is 13.6. The van der Waals surface area contributed by atoms with Gasteiger partial charge in [-0.3, -0.25) is 0 Å². The average molecular weight is 447 g/mol. The van der Waals surface area contributed by atoms with Crippen molar-refractivity contribution in [1.29, 1.82) is 0 Å². The van der Waals surface area contributed by atoms with Crippen molar-refractivity contribution in [2.24, 2.45) is 0 Å². The SMILES string of the molecule is CCCCCCCCCCCCc1cccc2cc3cc4cc5ccccc5cc4cc3cc12. The second-order valence-electron chi connectivity index (χ2n) is 10.2. The lowest BCUT2D eigenvalue weighted by atomic mass is 9.94. The van der Waals surface area contributed by atoms with Crippen LogP contribution in [-0.2, 0) is 6.42 Å². The van der Waals surface area contributed by atoms with Gasteiger partial charge in [0.25, 0.3) is 0 Å². The lowest BCUT2D eigenvalue weighted by Gasteiger charge is -2.10. The van der Waals surface area contributed by atoms with Crippen molar-refractivity contribution >= 4 is 43.1 Å². The summed E-state index contributed by atoms with van der Waals surface area (Å²) in [5.74, 6) is 0. The zero-order valence-electron chi connectivity index (χ0n) is 20.8. The van der Waals surface area contributed by atoms with Crippen molar-refractivity contribution in [3.05, 3.63) is 84.4 Å². The summed E-state index contributed by atoms with van der Waals surface area (Å²) in [6.45, 7) is 2.29. The van der Waals surface area contributed by atoms with Crippen LogP contribution in [0.1, 0.15) is 76.7 Å². The van der Waals surface area contributed by atoms with E-state index in [0.717, 1.165) is 0 Å². The summed E-state index contributed by atoms with van der Waals surface area (Å²) in [5, 5.41) is 10.8. The lowest BCUT2D eigenvalue weighted by Crippen LogP contribution is -1.89. The quantitative estimate of drug-likeness (QED) is 0.140. The van der Waals surface area contributed by atoms with E-state index in [0.29, 0.717) is 0 Å². The molecule has 0 bridgehead atoms. The molecule has 0 heterocycles. The first-order valence-corrected chi connectivity index (χ1v) is 13.6. The van der Waals surface area contributed by atoms with Gasteiger partial charge in [0, 0.05) is 0 Å². The Labute approximate surface area is 205 Å². The van der Waals surface area contributed by atoms with Crippen LogP contribution in [0.25, 0.3) is 43.1 Å². The molecule has 0 fully saturated rings. The van der Waals surface area contributed by atoms with Gasteiger partial charge in [0.1, 0.15) is 0 Å². The molecule has 5 aromatic carbocycles. The Hall–Kier alpha value is -2.86. The number of hydrogen-bond donors (Lipinski definition) is 0. The highest BCUT2D eigenvalue weighted by Gasteiger charge is 2.06. The molecule has 0 saturated carbocycles. The number of benzene rings is 5. The molecule has 0 atom stereocenters. The van der Waals surface area contributed by atoms with Crippen molar-refractivity contribution in [2.45, 2.75) is 77.6 Å². The normalized spacial score (nSPS) is 11.8. The van der Waals surface area contributed by atoms with Crippen LogP contribution in [-0.4, -0.2) is 0 Å². The monoisotopic (exact) mass is 446 g/mol. The molecule has 0 aliphatic rings. The molecular weight excluding hydrogens is 408 g/mol. The first kappa shape index (κ1) is 22.9. The van der Waals surface area contributed by atoms with Crippen LogP contribution in [0.5, 0.6) is 0 Å². The standard InChI is InChI=1S/C34H38/c1-2-3-4-5-6-7-8-9-10-11-15-26-18-14-19-29-22-32-23-30-20-27-16-12-13-17-28(27)21-31(30)24-33(32)25-34(26)29/h12-14,16-25H,2-11,15H2,1H3. The summed E-state index contributed by atoms with van der Waals surface area (Å²) in [6, 6.07) is 29.8. The van der Waals surface area contributed by atoms with E-state index in [1.807, 2.05) is 0 Å². The second kappa shape index (κ2) is 11.0. The molecule has 0 saturated heterocycles. The van der Waals surface area contributed by atoms with Crippen LogP contribution in [0.3, 0.4) is 0 Å². The predicted molar refractivity (Wildman–Crippen MR) is 152 cm³/mol. The molecule has 0 heteroatoms. The average Bonchev–Trinajstić information content (AvgIpc) is 2.86. The molecule has 0 aromatic heterocycles. The Morgan fingerprint density at radius 1 is 0.412 bits per heavy atom. The molecule has 0 amide bonds. The highest BCUT2D eigenvalue weighted by Crippen LogP contribution is 2.31. The molecule has 0 N–H and O–H groups in total. The van der Waals surface area contributed by atoms with Gasteiger partial charge in [0.05, 0.1) is 0 Å². The number of fused-ring (bicyclic) bond motifs is 4. The van der Waals surface area contributed by atoms with E-state index in [1.54, 1.807) is 0 Å². The van der Waals surface area contributed by atoms with E-state index in [9.17, 15) is 0 Å². The fourth-order valence-corrected chi connectivity index (χ4v) is 5.56. The number of hydrogen-bond acceptors (Lipinski definition) is 0. The van der Waals surface area contributed by atoms with Crippen molar-refractivity contribution in [3.63, 3.8) is 0 Å². The number of aryl methyl sites for hydroxylation is 1. The predicted octanol–water partition coefficient (Wildman–Crippen LogP) is 10.8. The summed E-state index contributed by atoms with van der Waals surface area (Å²) in [7, 11) is 0. The van der Waals surface area contributed by atoms with Gasteiger partial charge >= 0.3 is 0 Å². The van der Waals surface area contributed by atoms with Gasteiger partial charge in [0.2, 0.25) is 0 Å². The zero-order chi connectivity index (χ0) is 23.2. The summed E-state index contributed by atoms with van der Waals surface area (Å²) in [5.41, 5.74) is 1.51. The smallest absolute Gasteiger partial charge is 0.0146 e.